The third kappa shape index (κ3) is 9.06. The fourth-order valence-electron chi connectivity index (χ4n) is 3.79. The topological polar surface area (TPSA) is 49.4 Å². The molecule has 0 saturated carbocycles. The van der Waals surface area contributed by atoms with Gasteiger partial charge in [0.1, 0.15) is 11.9 Å². The van der Waals surface area contributed by atoms with Crippen molar-refractivity contribution >= 4 is 46.8 Å². The van der Waals surface area contributed by atoms with E-state index < -0.39 is 17.4 Å². The van der Waals surface area contributed by atoms with E-state index in [1.165, 1.54) is 17.8 Å². The summed E-state index contributed by atoms with van der Waals surface area (Å²) in [6.45, 7) is 5.95. The van der Waals surface area contributed by atoms with Gasteiger partial charge in [-0.1, -0.05) is 71.7 Å². The van der Waals surface area contributed by atoms with Crippen molar-refractivity contribution in [3.63, 3.8) is 0 Å². The van der Waals surface area contributed by atoms with E-state index in [0.29, 0.717) is 22.0 Å². The highest BCUT2D eigenvalue weighted by molar-refractivity contribution is 7.99. The van der Waals surface area contributed by atoms with Crippen molar-refractivity contribution in [3.05, 3.63) is 105 Å². The Balaban J connectivity index is 1.88. The minimum atomic E-state index is -0.748. The summed E-state index contributed by atoms with van der Waals surface area (Å²) < 4.78 is 14.2. The molecular weight excluding hydrogens is 530 g/mol. The minimum absolute atomic E-state index is 0.0618. The lowest BCUT2D eigenvalue weighted by Gasteiger charge is -2.34. The van der Waals surface area contributed by atoms with Gasteiger partial charge < -0.3 is 10.2 Å². The zero-order valence-corrected chi connectivity index (χ0v) is 23.5. The summed E-state index contributed by atoms with van der Waals surface area (Å²) in [5.74, 6) is -0.564. The van der Waals surface area contributed by atoms with Crippen LogP contribution in [0.1, 0.15) is 37.5 Å². The third-order valence-corrected chi connectivity index (χ3v) is 7.12. The van der Waals surface area contributed by atoms with Crippen LogP contribution in [0.5, 0.6) is 0 Å². The quantitative estimate of drug-likeness (QED) is 0.292. The van der Waals surface area contributed by atoms with Gasteiger partial charge in [-0.2, -0.15) is 0 Å². The molecule has 3 aromatic rings. The van der Waals surface area contributed by atoms with Crippen molar-refractivity contribution in [2.75, 3.05) is 5.75 Å². The van der Waals surface area contributed by atoms with Crippen LogP contribution in [0.2, 0.25) is 10.0 Å². The number of amides is 2. The Morgan fingerprint density at radius 1 is 0.946 bits per heavy atom. The molecule has 0 aromatic heterocycles. The van der Waals surface area contributed by atoms with Crippen LogP contribution >= 0.6 is 35.0 Å². The van der Waals surface area contributed by atoms with Crippen LogP contribution in [-0.2, 0) is 28.3 Å². The molecule has 37 heavy (non-hydrogen) atoms. The molecule has 0 bridgehead atoms. The molecule has 0 fully saturated rings. The molecule has 1 atom stereocenters. The molecule has 4 nitrogen and oxygen atoms in total. The first-order valence-corrected chi connectivity index (χ1v) is 13.8. The summed E-state index contributed by atoms with van der Waals surface area (Å²) in [7, 11) is 0. The average Bonchev–Trinajstić information content (AvgIpc) is 2.83. The predicted molar refractivity (Wildman–Crippen MR) is 151 cm³/mol. The van der Waals surface area contributed by atoms with Gasteiger partial charge in [-0.15, -0.1) is 11.8 Å². The SMILES string of the molecule is CC(C)(C)NC(=O)[C@@H](Cc1ccccc1)N(Cc1ccc(Cl)cc1)C(=O)CSCc1c(F)cccc1Cl. The van der Waals surface area contributed by atoms with Gasteiger partial charge in [0, 0.05) is 39.9 Å². The van der Waals surface area contributed by atoms with E-state index in [9.17, 15) is 14.0 Å². The summed E-state index contributed by atoms with van der Waals surface area (Å²) >= 11 is 13.5. The highest BCUT2D eigenvalue weighted by atomic mass is 35.5. The largest absolute Gasteiger partial charge is 0.350 e. The maximum atomic E-state index is 14.2. The molecule has 8 heteroatoms. The summed E-state index contributed by atoms with van der Waals surface area (Å²) in [5, 5.41) is 3.95. The molecule has 196 valence electrons. The van der Waals surface area contributed by atoms with Gasteiger partial charge in [0.15, 0.2) is 0 Å². The molecule has 0 saturated heterocycles. The number of hydrogen-bond acceptors (Lipinski definition) is 3. The molecule has 0 unspecified atom stereocenters. The second-order valence-electron chi connectivity index (χ2n) is 9.79. The van der Waals surface area contributed by atoms with E-state index in [0.717, 1.165) is 11.1 Å². The van der Waals surface area contributed by atoms with Crippen LogP contribution in [0.4, 0.5) is 4.39 Å². The number of thioether (sulfide) groups is 1. The zero-order valence-electron chi connectivity index (χ0n) is 21.1. The van der Waals surface area contributed by atoms with Crippen molar-refractivity contribution in [1.82, 2.24) is 10.2 Å². The maximum Gasteiger partial charge on any atom is 0.243 e. The molecule has 0 heterocycles. The average molecular weight is 562 g/mol. The lowest BCUT2D eigenvalue weighted by atomic mass is 10.0. The van der Waals surface area contributed by atoms with E-state index in [4.69, 9.17) is 23.2 Å². The van der Waals surface area contributed by atoms with E-state index in [2.05, 4.69) is 5.32 Å². The summed E-state index contributed by atoms with van der Waals surface area (Å²) in [5.41, 5.74) is 1.67. The molecule has 0 spiro atoms. The molecule has 2 amide bonds. The van der Waals surface area contributed by atoms with Crippen LogP contribution in [-0.4, -0.2) is 34.0 Å². The lowest BCUT2D eigenvalue weighted by Crippen LogP contribution is -2.54. The monoisotopic (exact) mass is 560 g/mol. The van der Waals surface area contributed by atoms with Crippen molar-refractivity contribution in [2.24, 2.45) is 0 Å². The second kappa shape index (κ2) is 13.3. The zero-order chi connectivity index (χ0) is 27.0. The number of nitrogens with one attached hydrogen (secondary N) is 1. The Labute approximate surface area is 232 Å². The Hall–Kier alpha value is -2.54. The number of carbonyl (C=O) groups is 2. The predicted octanol–water partition coefficient (Wildman–Crippen LogP) is 6.92. The highest BCUT2D eigenvalue weighted by Crippen LogP contribution is 2.25. The Morgan fingerprint density at radius 2 is 1.62 bits per heavy atom. The van der Waals surface area contributed by atoms with Crippen LogP contribution in [0.3, 0.4) is 0 Å². The minimum Gasteiger partial charge on any atom is -0.350 e. The van der Waals surface area contributed by atoms with Gasteiger partial charge in [-0.25, -0.2) is 4.39 Å². The fourth-order valence-corrected chi connectivity index (χ4v) is 5.16. The number of hydrogen-bond donors (Lipinski definition) is 1. The molecule has 3 aromatic carbocycles. The van der Waals surface area contributed by atoms with Crippen LogP contribution in [0.25, 0.3) is 0 Å². The van der Waals surface area contributed by atoms with Crippen LogP contribution < -0.4 is 5.32 Å². The number of carbonyl (C=O) groups excluding carboxylic acids is 2. The first kappa shape index (κ1) is 29.0. The van der Waals surface area contributed by atoms with Crippen LogP contribution in [0, 0.1) is 5.82 Å². The Kier molecular flexibility index (Phi) is 10.4. The summed E-state index contributed by atoms with van der Waals surface area (Å²) in [4.78, 5) is 28.8. The van der Waals surface area contributed by atoms with Gasteiger partial charge in [-0.3, -0.25) is 9.59 Å². The van der Waals surface area contributed by atoms with Gasteiger partial charge >= 0.3 is 0 Å². The fraction of sp³-hybridized carbons (Fsp3) is 0.310. The van der Waals surface area contributed by atoms with Gasteiger partial charge in [0.25, 0.3) is 0 Å². The standard InChI is InChI=1S/C29H31Cl2FN2O2S/c1-29(2,3)33-28(36)26(16-20-8-5-4-6-9-20)34(17-21-12-14-22(30)15-13-21)27(35)19-37-18-23-24(31)10-7-11-25(23)32/h4-15,26H,16-19H2,1-3H3,(H,33,36)/t26-/m1/s1. The first-order chi connectivity index (χ1) is 17.5. The van der Waals surface area contributed by atoms with Crippen molar-refractivity contribution in [1.29, 1.82) is 0 Å². The highest BCUT2D eigenvalue weighted by Gasteiger charge is 2.32. The lowest BCUT2D eigenvalue weighted by molar-refractivity contribution is -0.140. The second-order valence-corrected chi connectivity index (χ2v) is 11.6. The molecule has 0 aliphatic heterocycles. The summed E-state index contributed by atoms with van der Waals surface area (Å²) in [6.07, 6.45) is 0.353. The number of halogens is 3. The molecule has 1 N–H and O–H groups in total. The van der Waals surface area contributed by atoms with E-state index in [1.54, 1.807) is 29.2 Å². The number of nitrogens with zero attached hydrogens (tertiary/aromatic N) is 1. The Bertz CT molecular complexity index is 1180. The molecule has 0 radical (unpaired) electrons. The first-order valence-electron chi connectivity index (χ1n) is 11.9. The normalized spacial score (nSPS) is 12.2. The van der Waals surface area contributed by atoms with E-state index in [1.807, 2.05) is 63.2 Å². The Morgan fingerprint density at radius 3 is 2.24 bits per heavy atom. The molecule has 0 aliphatic carbocycles. The van der Waals surface area contributed by atoms with E-state index >= 15 is 0 Å². The van der Waals surface area contributed by atoms with Crippen molar-refractivity contribution in [2.45, 2.75) is 51.1 Å². The van der Waals surface area contributed by atoms with Gasteiger partial charge in [0.05, 0.1) is 5.75 Å². The molecule has 3 rings (SSSR count). The molecular formula is C29H31Cl2FN2O2S. The maximum absolute atomic E-state index is 14.2. The van der Waals surface area contributed by atoms with E-state index in [-0.39, 0.29) is 29.9 Å². The van der Waals surface area contributed by atoms with Gasteiger partial charge in [0.2, 0.25) is 11.8 Å². The third-order valence-electron chi connectivity index (χ3n) is 5.57. The number of rotatable bonds is 10. The van der Waals surface area contributed by atoms with Crippen molar-refractivity contribution in [3.8, 4) is 0 Å². The van der Waals surface area contributed by atoms with Gasteiger partial charge in [-0.05, 0) is 56.2 Å². The van der Waals surface area contributed by atoms with Crippen molar-refractivity contribution < 1.29 is 14.0 Å². The smallest absolute Gasteiger partial charge is 0.243 e. The molecule has 0 aliphatic rings. The van der Waals surface area contributed by atoms with Crippen LogP contribution in [0.15, 0.2) is 72.8 Å². The number of benzene rings is 3. The summed E-state index contributed by atoms with van der Waals surface area (Å²) in [6, 6.07) is 20.6.